The van der Waals surface area contributed by atoms with Gasteiger partial charge in [-0.25, -0.2) is 0 Å². The average Bonchev–Trinajstić information content (AvgIpc) is 3.04. The van der Waals surface area contributed by atoms with E-state index < -0.39 is 12.1 Å². The van der Waals surface area contributed by atoms with Crippen LogP contribution in [0, 0.1) is 0 Å². The number of carbonyl (C=O) groups excluding carboxylic acids is 1. The molecule has 0 heterocycles. The lowest BCUT2D eigenvalue weighted by molar-refractivity contribution is -0.123. The molecular weight excluding hydrogens is 554 g/mol. The Morgan fingerprint density at radius 3 is 1.36 bits per heavy atom. The van der Waals surface area contributed by atoms with Crippen LogP contribution in [0.1, 0.15) is 200 Å². The molecule has 45 heavy (non-hydrogen) atoms. The Kier molecular flexibility index (Phi) is 35.9. The van der Waals surface area contributed by atoms with Crippen molar-refractivity contribution in [2.24, 2.45) is 0 Å². The van der Waals surface area contributed by atoms with Gasteiger partial charge in [-0.3, -0.25) is 4.79 Å². The van der Waals surface area contributed by atoms with Crippen molar-refractivity contribution in [1.29, 1.82) is 0 Å². The summed E-state index contributed by atoms with van der Waals surface area (Å²) in [5.41, 5.74) is 0. The van der Waals surface area contributed by atoms with Crippen molar-refractivity contribution in [2.75, 3.05) is 6.61 Å². The molecular formula is C41H77NO3. The van der Waals surface area contributed by atoms with Crippen LogP contribution in [0.2, 0.25) is 0 Å². The maximum Gasteiger partial charge on any atom is 0.220 e. The molecule has 0 radical (unpaired) electrons. The quantitative estimate of drug-likeness (QED) is 0.0481. The number of allylic oxidation sites excluding steroid dienone is 6. The zero-order valence-corrected chi connectivity index (χ0v) is 30.1. The second kappa shape index (κ2) is 37.1. The molecule has 1 amide bonds. The fraction of sp³-hybridized carbons (Fsp3) is 0.829. The molecule has 0 aromatic carbocycles. The molecule has 4 heteroatoms. The fourth-order valence-corrected chi connectivity index (χ4v) is 5.84. The molecule has 0 fully saturated rings. The Labute approximate surface area is 281 Å². The average molecular weight is 632 g/mol. The lowest BCUT2D eigenvalue weighted by Gasteiger charge is -2.22. The van der Waals surface area contributed by atoms with E-state index in [2.05, 4.69) is 55.6 Å². The first-order chi connectivity index (χ1) is 22.2. The molecule has 264 valence electrons. The first kappa shape index (κ1) is 43.6. The van der Waals surface area contributed by atoms with Gasteiger partial charge in [-0.05, 0) is 51.4 Å². The molecule has 0 aromatic heterocycles. The first-order valence-corrected chi connectivity index (χ1v) is 19.7. The molecule has 0 aliphatic heterocycles. The highest BCUT2D eigenvalue weighted by Gasteiger charge is 2.19. The van der Waals surface area contributed by atoms with Crippen LogP contribution >= 0.6 is 0 Å². The predicted octanol–water partition coefficient (Wildman–Crippen LogP) is 11.8. The van der Waals surface area contributed by atoms with Gasteiger partial charge in [-0.1, -0.05) is 179 Å². The number of aliphatic hydroxyl groups excluding tert-OH is 2. The Morgan fingerprint density at radius 2 is 0.911 bits per heavy atom. The lowest BCUT2D eigenvalue weighted by Crippen LogP contribution is -2.45. The van der Waals surface area contributed by atoms with Crippen LogP contribution in [0.15, 0.2) is 36.5 Å². The molecule has 3 N–H and O–H groups in total. The van der Waals surface area contributed by atoms with Gasteiger partial charge in [-0.2, -0.15) is 0 Å². The van der Waals surface area contributed by atoms with Crippen LogP contribution < -0.4 is 5.32 Å². The first-order valence-electron chi connectivity index (χ1n) is 19.7. The van der Waals surface area contributed by atoms with Gasteiger partial charge in [0.1, 0.15) is 0 Å². The lowest BCUT2D eigenvalue weighted by atomic mass is 10.0. The molecule has 4 nitrogen and oxygen atoms in total. The number of amides is 1. The summed E-state index contributed by atoms with van der Waals surface area (Å²) in [6, 6.07) is -0.531. The maximum absolute atomic E-state index is 12.2. The van der Waals surface area contributed by atoms with E-state index in [-0.39, 0.29) is 12.5 Å². The van der Waals surface area contributed by atoms with Crippen molar-refractivity contribution >= 4 is 5.91 Å². The van der Waals surface area contributed by atoms with Crippen molar-refractivity contribution < 1.29 is 15.0 Å². The molecule has 2 unspecified atom stereocenters. The van der Waals surface area contributed by atoms with Gasteiger partial charge in [0.15, 0.2) is 0 Å². The molecule has 0 spiro atoms. The van der Waals surface area contributed by atoms with Crippen molar-refractivity contribution in [3.63, 3.8) is 0 Å². The summed E-state index contributed by atoms with van der Waals surface area (Å²) in [7, 11) is 0. The van der Waals surface area contributed by atoms with E-state index in [0.29, 0.717) is 12.8 Å². The SMILES string of the molecule is CCCCCCC/C=C\C/C=C\C/C=C\CCCCCCCCCCCCCCCCC(=O)NC(CO)C(O)CCCCCC. The Hall–Kier alpha value is -1.39. The zero-order valence-electron chi connectivity index (χ0n) is 30.1. The zero-order chi connectivity index (χ0) is 32.9. The Morgan fingerprint density at radius 1 is 0.533 bits per heavy atom. The van der Waals surface area contributed by atoms with Crippen molar-refractivity contribution in [3.05, 3.63) is 36.5 Å². The van der Waals surface area contributed by atoms with E-state index in [1.807, 2.05) is 0 Å². The molecule has 0 aromatic rings. The van der Waals surface area contributed by atoms with Gasteiger partial charge in [0.05, 0.1) is 18.8 Å². The standard InChI is InChI=1S/C41H77NO3/c1-3-5-7-9-10-11-12-13-14-15-16-17-18-19-20-21-22-23-24-25-26-27-28-29-30-31-32-33-35-37-41(45)42-39(38-43)40(44)36-34-8-6-4-2/h12-13,15-16,18-19,39-40,43-44H,3-11,14,17,20-38H2,1-2H3,(H,42,45)/b13-12-,16-15-,19-18-. The summed E-state index contributed by atoms with van der Waals surface area (Å²) in [5, 5.41) is 22.6. The van der Waals surface area contributed by atoms with Gasteiger partial charge in [-0.15, -0.1) is 0 Å². The number of rotatable bonds is 35. The third-order valence-corrected chi connectivity index (χ3v) is 8.90. The number of hydrogen-bond acceptors (Lipinski definition) is 3. The largest absolute Gasteiger partial charge is 0.394 e. The summed E-state index contributed by atoms with van der Waals surface area (Å²) < 4.78 is 0. The Balaban J connectivity index is 3.40. The summed E-state index contributed by atoms with van der Waals surface area (Å²) in [6.45, 7) is 4.23. The van der Waals surface area contributed by atoms with Gasteiger partial charge < -0.3 is 15.5 Å². The highest BCUT2D eigenvalue weighted by molar-refractivity contribution is 5.76. The minimum atomic E-state index is -0.654. The molecule has 0 bridgehead atoms. The van der Waals surface area contributed by atoms with Crippen molar-refractivity contribution in [2.45, 2.75) is 212 Å². The Bertz CT molecular complexity index is 686. The summed E-state index contributed by atoms with van der Waals surface area (Å²) in [6.07, 6.45) is 48.3. The third-order valence-electron chi connectivity index (χ3n) is 8.90. The van der Waals surface area contributed by atoms with E-state index in [9.17, 15) is 15.0 Å². The van der Waals surface area contributed by atoms with Crippen LogP contribution in [-0.4, -0.2) is 34.9 Å². The van der Waals surface area contributed by atoms with Gasteiger partial charge in [0, 0.05) is 6.42 Å². The number of carbonyl (C=O) groups is 1. The van der Waals surface area contributed by atoms with Crippen LogP contribution in [0.3, 0.4) is 0 Å². The van der Waals surface area contributed by atoms with E-state index in [0.717, 1.165) is 44.9 Å². The molecule has 0 aliphatic carbocycles. The van der Waals surface area contributed by atoms with Crippen molar-refractivity contribution in [3.8, 4) is 0 Å². The van der Waals surface area contributed by atoms with E-state index in [1.54, 1.807) is 0 Å². The van der Waals surface area contributed by atoms with E-state index in [4.69, 9.17) is 0 Å². The number of hydrogen-bond donors (Lipinski definition) is 3. The molecule has 0 aliphatic rings. The molecule has 0 saturated carbocycles. The van der Waals surface area contributed by atoms with Crippen LogP contribution in [0.4, 0.5) is 0 Å². The topological polar surface area (TPSA) is 69.6 Å². The minimum Gasteiger partial charge on any atom is -0.394 e. The van der Waals surface area contributed by atoms with E-state index >= 15 is 0 Å². The van der Waals surface area contributed by atoms with Crippen LogP contribution in [0.5, 0.6) is 0 Å². The molecule has 0 rings (SSSR count). The highest BCUT2D eigenvalue weighted by Crippen LogP contribution is 2.14. The summed E-state index contributed by atoms with van der Waals surface area (Å²) in [5.74, 6) is -0.0422. The highest BCUT2D eigenvalue weighted by atomic mass is 16.3. The summed E-state index contributed by atoms with van der Waals surface area (Å²) in [4.78, 5) is 12.2. The fourth-order valence-electron chi connectivity index (χ4n) is 5.84. The van der Waals surface area contributed by atoms with E-state index in [1.165, 1.54) is 128 Å². The number of unbranched alkanes of at least 4 members (excludes halogenated alkanes) is 22. The van der Waals surface area contributed by atoms with Gasteiger partial charge in [0.25, 0.3) is 0 Å². The van der Waals surface area contributed by atoms with Crippen LogP contribution in [0.25, 0.3) is 0 Å². The normalized spacial score (nSPS) is 13.4. The van der Waals surface area contributed by atoms with Gasteiger partial charge in [0.2, 0.25) is 5.91 Å². The smallest absolute Gasteiger partial charge is 0.220 e. The summed E-state index contributed by atoms with van der Waals surface area (Å²) >= 11 is 0. The molecule has 0 saturated heterocycles. The maximum atomic E-state index is 12.2. The predicted molar refractivity (Wildman–Crippen MR) is 198 cm³/mol. The molecule has 2 atom stereocenters. The second-order valence-electron chi connectivity index (χ2n) is 13.4. The third kappa shape index (κ3) is 33.8. The number of nitrogens with one attached hydrogen (secondary N) is 1. The monoisotopic (exact) mass is 632 g/mol. The minimum absolute atomic E-state index is 0.0422. The van der Waals surface area contributed by atoms with Gasteiger partial charge >= 0.3 is 0 Å². The van der Waals surface area contributed by atoms with Crippen molar-refractivity contribution in [1.82, 2.24) is 5.32 Å². The second-order valence-corrected chi connectivity index (χ2v) is 13.4. The van der Waals surface area contributed by atoms with Crippen LogP contribution in [-0.2, 0) is 4.79 Å². The number of aliphatic hydroxyl groups is 2.